The molecule has 0 fully saturated rings. The van der Waals surface area contributed by atoms with Crippen LogP contribution in [-0.4, -0.2) is 47.7 Å². The zero-order chi connectivity index (χ0) is 14.3. The first-order valence-corrected chi connectivity index (χ1v) is 5.88. The van der Waals surface area contributed by atoms with Crippen LogP contribution in [-0.2, 0) is 14.3 Å². The summed E-state index contributed by atoms with van der Waals surface area (Å²) in [6, 6.07) is 0. The van der Waals surface area contributed by atoms with Crippen molar-refractivity contribution in [1.82, 2.24) is 4.90 Å². The fraction of sp³-hybridized carbons (Fsp3) is 0.692. The highest BCUT2D eigenvalue weighted by atomic mass is 16.5. The normalized spacial score (nSPS) is 10.8. The Kier molecular flexibility index (Phi) is 6.62. The van der Waals surface area contributed by atoms with Crippen LogP contribution in [0.2, 0.25) is 0 Å². The number of methoxy groups -OCH3 is 1. The van der Waals surface area contributed by atoms with Crippen LogP contribution in [0, 0.1) is 0 Å². The van der Waals surface area contributed by atoms with Gasteiger partial charge in [0.05, 0.1) is 25.7 Å². The predicted molar refractivity (Wildman–Crippen MR) is 68.9 cm³/mol. The number of carbonyl (C=O) groups excluding carboxylic acids is 2. The number of carbonyl (C=O) groups is 2. The molecule has 0 spiro atoms. The third-order valence-electron chi connectivity index (χ3n) is 2.56. The molecule has 0 atom stereocenters. The maximum absolute atomic E-state index is 12.0. The van der Waals surface area contributed by atoms with Gasteiger partial charge in [0.2, 0.25) is 5.91 Å². The molecule has 0 aliphatic rings. The summed E-state index contributed by atoms with van der Waals surface area (Å²) in [5.74, 6) is -0.586. The van der Waals surface area contributed by atoms with Crippen molar-refractivity contribution in [3.63, 3.8) is 0 Å². The van der Waals surface area contributed by atoms with E-state index in [1.54, 1.807) is 13.8 Å². The number of ether oxygens (including phenoxy) is 1. The number of hydrogen-bond donors (Lipinski definition) is 1. The third kappa shape index (κ3) is 5.31. The van der Waals surface area contributed by atoms with Crippen LogP contribution >= 0.6 is 0 Å². The smallest absolute Gasteiger partial charge is 0.307 e. The molecule has 0 bridgehead atoms. The van der Waals surface area contributed by atoms with Gasteiger partial charge < -0.3 is 14.7 Å². The maximum Gasteiger partial charge on any atom is 0.307 e. The van der Waals surface area contributed by atoms with Crippen LogP contribution in [0.25, 0.3) is 0 Å². The van der Waals surface area contributed by atoms with Gasteiger partial charge >= 0.3 is 5.97 Å². The van der Waals surface area contributed by atoms with Crippen LogP contribution in [0.3, 0.4) is 0 Å². The van der Waals surface area contributed by atoms with Gasteiger partial charge in [0.25, 0.3) is 0 Å². The van der Waals surface area contributed by atoms with Crippen molar-refractivity contribution in [2.75, 3.05) is 20.3 Å². The molecule has 1 N–H and O–H groups in total. The first-order valence-electron chi connectivity index (χ1n) is 5.88. The molecule has 1 amide bonds. The van der Waals surface area contributed by atoms with Crippen LogP contribution in [0.5, 0.6) is 0 Å². The topological polar surface area (TPSA) is 66.8 Å². The Morgan fingerprint density at radius 3 is 2.28 bits per heavy atom. The number of aliphatic hydroxyl groups is 1. The molecule has 0 aromatic heterocycles. The van der Waals surface area contributed by atoms with Gasteiger partial charge in [-0.05, 0) is 27.7 Å². The largest absolute Gasteiger partial charge is 0.469 e. The number of nitrogens with zero attached hydrogens (tertiary/aromatic N) is 1. The first-order chi connectivity index (χ1) is 8.24. The van der Waals surface area contributed by atoms with Crippen molar-refractivity contribution in [3.8, 4) is 0 Å². The van der Waals surface area contributed by atoms with Crippen LogP contribution < -0.4 is 0 Å². The first kappa shape index (κ1) is 16.6. The minimum atomic E-state index is -0.711. The van der Waals surface area contributed by atoms with Crippen LogP contribution in [0.4, 0.5) is 0 Å². The Labute approximate surface area is 108 Å². The Hall–Kier alpha value is -1.36. The molecular formula is C13H23NO4. The van der Waals surface area contributed by atoms with E-state index in [1.165, 1.54) is 18.1 Å². The van der Waals surface area contributed by atoms with Crippen molar-refractivity contribution >= 4 is 11.9 Å². The molecule has 0 aliphatic carbocycles. The van der Waals surface area contributed by atoms with Gasteiger partial charge in [0.1, 0.15) is 0 Å². The number of rotatable bonds is 6. The van der Waals surface area contributed by atoms with E-state index in [2.05, 4.69) is 4.74 Å². The monoisotopic (exact) mass is 257 g/mol. The molecule has 0 unspecified atom stereocenters. The summed E-state index contributed by atoms with van der Waals surface area (Å²) in [7, 11) is 1.31. The van der Waals surface area contributed by atoms with Crippen molar-refractivity contribution < 1.29 is 19.4 Å². The van der Waals surface area contributed by atoms with Crippen molar-refractivity contribution in [2.45, 2.75) is 39.7 Å². The van der Waals surface area contributed by atoms with Gasteiger partial charge in [0.15, 0.2) is 0 Å². The average molecular weight is 257 g/mol. The highest BCUT2D eigenvalue weighted by Crippen LogP contribution is 2.15. The predicted octanol–water partition coefficient (Wildman–Crippen LogP) is 1.12. The minimum Gasteiger partial charge on any atom is -0.469 e. The molecule has 0 rings (SSSR count). The average Bonchev–Trinajstić information content (AvgIpc) is 2.27. The molecule has 0 heterocycles. The fourth-order valence-corrected chi connectivity index (χ4v) is 1.43. The summed E-state index contributed by atoms with van der Waals surface area (Å²) in [5, 5.41) is 9.34. The zero-order valence-electron chi connectivity index (χ0n) is 11.8. The lowest BCUT2D eigenvalue weighted by Gasteiger charge is -2.36. The van der Waals surface area contributed by atoms with Crippen LogP contribution in [0.15, 0.2) is 11.6 Å². The lowest BCUT2D eigenvalue weighted by atomic mass is 10.0. The quantitative estimate of drug-likeness (QED) is 0.572. The molecule has 18 heavy (non-hydrogen) atoms. The van der Waals surface area contributed by atoms with E-state index in [9.17, 15) is 14.7 Å². The van der Waals surface area contributed by atoms with E-state index in [1.807, 2.05) is 13.8 Å². The molecule has 0 saturated heterocycles. The molecule has 0 aromatic rings. The van der Waals surface area contributed by atoms with E-state index < -0.39 is 5.54 Å². The summed E-state index contributed by atoms with van der Waals surface area (Å²) >= 11 is 0. The number of hydrogen-bond acceptors (Lipinski definition) is 4. The Balaban J connectivity index is 4.90. The second-order valence-electron chi connectivity index (χ2n) is 5.01. The van der Waals surface area contributed by atoms with Crippen molar-refractivity contribution in [2.24, 2.45) is 0 Å². The summed E-state index contributed by atoms with van der Waals surface area (Å²) < 4.78 is 4.55. The molecule has 0 radical (unpaired) electrons. The highest BCUT2D eigenvalue weighted by Gasteiger charge is 2.29. The molecule has 5 heteroatoms. The van der Waals surface area contributed by atoms with Gasteiger partial charge in [-0.2, -0.15) is 0 Å². The fourth-order valence-electron chi connectivity index (χ4n) is 1.43. The summed E-state index contributed by atoms with van der Waals surface area (Å²) in [6.07, 6.45) is 1.61. The second kappa shape index (κ2) is 7.16. The number of allylic oxidation sites excluding steroid dienone is 1. The SMILES string of the molecule is COC(=O)CCN(C(=O)C=C(C)C)C(C)(C)CO. The Morgan fingerprint density at radius 2 is 1.89 bits per heavy atom. The molecular weight excluding hydrogens is 234 g/mol. The Morgan fingerprint density at radius 1 is 1.33 bits per heavy atom. The molecule has 0 aliphatic heterocycles. The number of amides is 1. The molecule has 104 valence electrons. The highest BCUT2D eigenvalue weighted by molar-refractivity contribution is 5.89. The summed E-state index contributed by atoms with van der Waals surface area (Å²) in [4.78, 5) is 24.7. The third-order valence-corrected chi connectivity index (χ3v) is 2.56. The molecule has 0 aromatic carbocycles. The number of aliphatic hydroxyl groups excluding tert-OH is 1. The van der Waals surface area contributed by atoms with E-state index >= 15 is 0 Å². The van der Waals surface area contributed by atoms with Gasteiger partial charge in [0, 0.05) is 12.6 Å². The molecule has 5 nitrogen and oxygen atoms in total. The van der Waals surface area contributed by atoms with Gasteiger partial charge in [-0.3, -0.25) is 9.59 Å². The second-order valence-corrected chi connectivity index (χ2v) is 5.01. The van der Waals surface area contributed by atoms with Gasteiger partial charge in [-0.15, -0.1) is 0 Å². The number of esters is 1. The van der Waals surface area contributed by atoms with E-state index in [4.69, 9.17) is 0 Å². The standard InChI is InChI=1S/C13H23NO4/c1-10(2)8-11(16)14(13(3,4)9-15)7-6-12(17)18-5/h8,15H,6-7,9H2,1-5H3. The lowest BCUT2D eigenvalue weighted by Crippen LogP contribution is -2.50. The van der Waals surface area contributed by atoms with Crippen LogP contribution in [0.1, 0.15) is 34.1 Å². The van der Waals surface area contributed by atoms with Gasteiger partial charge in [-0.1, -0.05) is 5.57 Å². The lowest BCUT2D eigenvalue weighted by molar-refractivity contribution is -0.142. The summed E-state index contributed by atoms with van der Waals surface area (Å²) in [5.41, 5.74) is 0.161. The van der Waals surface area contributed by atoms with E-state index in [0.717, 1.165) is 5.57 Å². The Bertz CT molecular complexity index is 330. The zero-order valence-corrected chi connectivity index (χ0v) is 11.8. The minimum absolute atomic E-state index is 0.113. The van der Waals surface area contributed by atoms with Crippen molar-refractivity contribution in [3.05, 3.63) is 11.6 Å². The maximum atomic E-state index is 12.0. The van der Waals surface area contributed by atoms with Crippen molar-refractivity contribution in [1.29, 1.82) is 0 Å². The summed E-state index contributed by atoms with van der Waals surface area (Å²) in [6.45, 7) is 7.20. The molecule has 0 saturated carbocycles. The van der Waals surface area contributed by atoms with E-state index in [0.29, 0.717) is 0 Å². The van der Waals surface area contributed by atoms with Gasteiger partial charge in [-0.25, -0.2) is 0 Å². The van der Waals surface area contributed by atoms with E-state index in [-0.39, 0.29) is 31.4 Å².